The molecule has 1 unspecified atom stereocenters. The second-order valence-corrected chi connectivity index (χ2v) is 6.79. The van der Waals surface area contributed by atoms with Crippen LogP contribution < -0.4 is 15.6 Å². The molecule has 1 atom stereocenters. The summed E-state index contributed by atoms with van der Waals surface area (Å²) in [5.41, 5.74) is 1.76. The lowest BCUT2D eigenvalue weighted by atomic mass is 10.2. The van der Waals surface area contributed by atoms with Crippen LogP contribution in [0.15, 0.2) is 35.1 Å². The summed E-state index contributed by atoms with van der Waals surface area (Å²) >= 11 is 1.38. The third kappa shape index (κ3) is 3.99. The van der Waals surface area contributed by atoms with Gasteiger partial charge < -0.3 is 10.1 Å². The minimum Gasteiger partial charge on any atom is -0.488 e. The largest absolute Gasteiger partial charge is 0.488 e. The summed E-state index contributed by atoms with van der Waals surface area (Å²) in [5, 5.41) is 8.26. The molecule has 25 heavy (non-hydrogen) atoms. The van der Waals surface area contributed by atoms with Crippen LogP contribution in [0.1, 0.15) is 31.5 Å². The molecular weight excluding hydrogens is 336 g/mol. The van der Waals surface area contributed by atoms with E-state index in [2.05, 4.69) is 22.3 Å². The summed E-state index contributed by atoms with van der Waals surface area (Å²) in [4.78, 5) is 17.1. The number of hydrogen-bond donors (Lipinski definition) is 1. The Hall–Kier alpha value is -2.41. The number of rotatable bonds is 7. The number of aromatic nitrogens is 3. The maximum absolute atomic E-state index is 12.1. The molecule has 0 aliphatic rings. The normalized spacial score (nSPS) is 12.3. The number of anilines is 1. The fourth-order valence-corrected chi connectivity index (χ4v) is 3.28. The number of fused-ring (bicyclic) bond motifs is 1. The monoisotopic (exact) mass is 358 g/mol. The maximum Gasteiger partial charge on any atom is 0.275 e. The first kappa shape index (κ1) is 17.4. The summed E-state index contributed by atoms with van der Waals surface area (Å²) < 4.78 is 7.42. The van der Waals surface area contributed by atoms with Crippen LogP contribution in [0.3, 0.4) is 0 Å². The Morgan fingerprint density at radius 1 is 1.32 bits per heavy atom. The number of aryl methyl sites for hydroxylation is 2. The van der Waals surface area contributed by atoms with Crippen LogP contribution in [0, 0.1) is 6.92 Å². The van der Waals surface area contributed by atoms with Crippen LogP contribution in [0.4, 0.5) is 5.13 Å². The van der Waals surface area contributed by atoms with E-state index in [1.54, 1.807) is 0 Å². The van der Waals surface area contributed by atoms with Crippen LogP contribution in [0.2, 0.25) is 0 Å². The summed E-state index contributed by atoms with van der Waals surface area (Å²) in [5.74, 6) is 0.894. The third-order valence-corrected chi connectivity index (χ3v) is 4.85. The zero-order valence-corrected chi connectivity index (χ0v) is 15.5. The summed E-state index contributed by atoms with van der Waals surface area (Å²) in [6.07, 6.45) is 1.61. The molecule has 0 saturated heterocycles. The second kappa shape index (κ2) is 7.65. The molecule has 1 N–H and O–H groups in total. The standard InChI is InChI=1S/C18H22N4O2S/c1-4-13-10-16(23)22-18(20-13)25-17(21-22)19-11-14(5-2)24-15-9-7-6-8-12(15)3/h6-10,14H,4-5,11H2,1-3H3,(H,19,21). The fourth-order valence-electron chi connectivity index (χ4n) is 2.45. The molecule has 0 radical (unpaired) electrons. The molecule has 0 aliphatic heterocycles. The van der Waals surface area contributed by atoms with Gasteiger partial charge in [-0.3, -0.25) is 4.79 Å². The molecule has 0 spiro atoms. The molecule has 2 aromatic heterocycles. The average molecular weight is 358 g/mol. The molecule has 0 fully saturated rings. The van der Waals surface area contributed by atoms with Gasteiger partial charge in [0.1, 0.15) is 11.9 Å². The van der Waals surface area contributed by atoms with Crippen molar-refractivity contribution in [2.45, 2.75) is 39.7 Å². The molecule has 0 amide bonds. The topological polar surface area (TPSA) is 68.5 Å². The third-order valence-electron chi connectivity index (χ3n) is 3.98. The molecule has 0 bridgehead atoms. The molecule has 7 heteroatoms. The lowest BCUT2D eigenvalue weighted by Crippen LogP contribution is -2.25. The van der Waals surface area contributed by atoms with Gasteiger partial charge in [0.25, 0.3) is 5.56 Å². The van der Waals surface area contributed by atoms with E-state index < -0.39 is 0 Å². The van der Waals surface area contributed by atoms with E-state index >= 15 is 0 Å². The van der Waals surface area contributed by atoms with Gasteiger partial charge >= 0.3 is 0 Å². The molecule has 0 saturated carbocycles. The molecule has 3 rings (SSSR count). The van der Waals surface area contributed by atoms with Crippen molar-refractivity contribution in [3.8, 4) is 5.75 Å². The number of ether oxygens (including phenoxy) is 1. The number of hydrogen-bond acceptors (Lipinski definition) is 6. The smallest absolute Gasteiger partial charge is 0.275 e. The predicted octanol–water partition coefficient (Wildman–Crippen LogP) is 3.29. The Morgan fingerprint density at radius 3 is 2.84 bits per heavy atom. The van der Waals surface area contributed by atoms with Gasteiger partial charge in [0.05, 0.1) is 6.54 Å². The van der Waals surface area contributed by atoms with Crippen LogP contribution in [0.25, 0.3) is 4.96 Å². The van der Waals surface area contributed by atoms with E-state index in [1.807, 2.05) is 38.1 Å². The quantitative estimate of drug-likeness (QED) is 0.702. The van der Waals surface area contributed by atoms with Crippen molar-refractivity contribution < 1.29 is 4.74 Å². The average Bonchev–Trinajstić information content (AvgIpc) is 3.03. The number of nitrogens with zero attached hydrogens (tertiary/aromatic N) is 3. The van der Waals surface area contributed by atoms with Crippen molar-refractivity contribution in [3.05, 3.63) is 51.9 Å². The molecule has 1 aromatic carbocycles. The minimum atomic E-state index is -0.144. The van der Waals surface area contributed by atoms with Gasteiger partial charge in [-0.15, -0.1) is 5.10 Å². The van der Waals surface area contributed by atoms with Crippen molar-refractivity contribution in [1.82, 2.24) is 14.6 Å². The van der Waals surface area contributed by atoms with Crippen molar-refractivity contribution in [2.24, 2.45) is 0 Å². The highest BCUT2D eigenvalue weighted by molar-refractivity contribution is 7.20. The molecule has 0 aliphatic carbocycles. The zero-order valence-electron chi connectivity index (χ0n) is 14.7. The van der Waals surface area contributed by atoms with Crippen molar-refractivity contribution in [1.29, 1.82) is 0 Å². The van der Waals surface area contributed by atoms with Gasteiger partial charge in [-0.05, 0) is 31.4 Å². The highest BCUT2D eigenvalue weighted by Gasteiger charge is 2.12. The molecule has 132 valence electrons. The molecule has 6 nitrogen and oxygen atoms in total. The van der Waals surface area contributed by atoms with Crippen LogP contribution >= 0.6 is 11.3 Å². The Labute approximate surface area is 150 Å². The van der Waals surface area contributed by atoms with E-state index in [0.29, 0.717) is 16.6 Å². The van der Waals surface area contributed by atoms with Crippen molar-refractivity contribution in [3.63, 3.8) is 0 Å². The van der Waals surface area contributed by atoms with E-state index in [0.717, 1.165) is 29.8 Å². The Bertz CT molecular complexity index is 919. The number of nitrogens with one attached hydrogen (secondary N) is 1. The van der Waals surface area contributed by atoms with Crippen molar-refractivity contribution in [2.75, 3.05) is 11.9 Å². The first-order valence-corrected chi connectivity index (χ1v) is 9.28. The number of para-hydroxylation sites is 1. The predicted molar refractivity (Wildman–Crippen MR) is 101 cm³/mol. The Kier molecular flexibility index (Phi) is 5.33. The van der Waals surface area contributed by atoms with E-state index in [1.165, 1.54) is 21.9 Å². The molecular formula is C18H22N4O2S. The fraction of sp³-hybridized carbons (Fsp3) is 0.389. The highest BCUT2D eigenvalue weighted by atomic mass is 32.1. The molecule has 3 aromatic rings. The van der Waals surface area contributed by atoms with Gasteiger partial charge in [0.2, 0.25) is 10.1 Å². The van der Waals surface area contributed by atoms with Gasteiger partial charge in [-0.1, -0.05) is 43.4 Å². The SMILES string of the molecule is CCc1cc(=O)n2nc(NCC(CC)Oc3ccccc3C)sc2n1. The summed E-state index contributed by atoms with van der Waals surface area (Å²) in [6.45, 7) is 6.71. The minimum absolute atomic E-state index is 0.0176. The van der Waals surface area contributed by atoms with Crippen LogP contribution in [0.5, 0.6) is 5.75 Å². The molecule has 2 heterocycles. The zero-order chi connectivity index (χ0) is 17.8. The second-order valence-electron chi connectivity index (χ2n) is 5.84. The lowest BCUT2D eigenvalue weighted by molar-refractivity contribution is 0.208. The Morgan fingerprint density at radius 2 is 2.12 bits per heavy atom. The van der Waals surface area contributed by atoms with E-state index in [-0.39, 0.29) is 11.7 Å². The van der Waals surface area contributed by atoms with E-state index in [9.17, 15) is 4.79 Å². The highest BCUT2D eigenvalue weighted by Crippen LogP contribution is 2.20. The maximum atomic E-state index is 12.1. The van der Waals surface area contributed by atoms with Gasteiger partial charge in [0.15, 0.2) is 0 Å². The van der Waals surface area contributed by atoms with Gasteiger partial charge in [0, 0.05) is 11.8 Å². The van der Waals surface area contributed by atoms with Crippen LogP contribution in [-0.2, 0) is 6.42 Å². The number of benzene rings is 1. The summed E-state index contributed by atoms with van der Waals surface area (Å²) in [7, 11) is 0. The first-order valence-electron chi connectivity index (χ1n) is 8.46. The first-order chi connectivity index (χ1) is 12.1. The Balaban J connectivity index is 1.71. The van der Waals surface area contributed by atoms with E-state index in [4.69, 9.17) is 4.74 Å². The van der Waals surface area contributed by atoms with Gasteiger partial charge in [-0.25, -0.2) is 4.98 Å². The summed E-state index contributed by atoms with van der Waals surface area (Å²) in [6, 6.07) is 9.52. The van der Waals surface area contributed by atoms with Gasteiger partial charge in [-0.2, -0.15) is 4.52 Å². The van der Waals surface area contributed by atoms with Crippen LogP contribution in [-0.4, -0.2) is 27.2 Å². The van der Waals surface area contributed by atoms with Crippen molar-refractivity contribution >= 4 is 21.4 Å². The lowest BCUT2D eigenvalue weighted by Gasteiger charge is -2.19.